The Balaban J connectivity index is 1.49. The van der Waals surface area contributed by atoms with E-state index < -0.39 is 5.97 Å². The van der Waals surface area contributed by atoms with Crippen molar-refractivity contribution in [3.05, 3.63) is 83.0 Å². The fourth-order valence-corrected chi connectivity index (χ4v) is 4.09. The summed E-state index contributed by atoms with van der Waals surface area (Å²) in [6.07, 6.45) is 0. The Morgan fingerprint density at radius 3 is 2.71 bits per heavy atom. The van der Waals surface area contributed by atoms with E-state index >= 15 is 0 Å². The van der Waals surface area contributed by atoms with Gasteiger partial charge in [0, 0.05) is 26.9 Å². The number of nitrogens with zero attached hydrogens (tertiary/aromatic N) is 2. The number of carbonyl (C=O) groups is 2. The van der Waals surface area contributed by atoms with Crippen LogP contribution in [0.1, 0.15) is 27.8 Å². The minimum Gasteiger partial charge on any atom is -0.461 e. The number of para-hydroxylation sites is 1. The zero-order valence-electron chi connectivity index (χ0n) is 18.6. The van der Waals surface area contributed by atoms with Crippen LogP contribution in [0.5, 0.6) is 0 Å². The topological polar surface area (TPSA) is 123 Å². The highest BCUT2D eigenvalue weighted by Crippen LogP contribution is 2.30. The number of esters is 1. The number of halogens is 1. The molecule has 0 aliphatic carbocycles. The summed E-state index contributed by atoms with van der Waals surface area (Å²) in [4.78, 5) is 37.0. The number of anilines is 2. The third kappa shape index (κ3) is 4.39. The van der Waals surface area contributed by atoms with Crippen LogP contribution in [0.3, 0.4) is 0 Å². The van der Waals surface area contributed by atoms with Crippen molar-refractivity contribution in [3.8, 4) is 11.3 Å². The van der Waals surface area contributed by atoms with Crippen LogP contribution >= 0.6 is 11.6 Å². The van der Waals surface area contributed by atoms with Crippen LogP contribution in [0.25, 0.3) is 33.1 Å². The van der Waals surface area contributed by atoms with Gasteiger partial charge in [-0.3, -0.25) is 4.79 Å². The van der Waals surface area contributed by atoms with Crippen molar-refractivity contribution in [2.45, 2.75) is 6.92 Å². The molecular formula is C26H20ClN5O3. The molecule has 0 saturated carbocycles. The van der Waals surface area contributed by atoms with Gasteiger partial charge in [-0.1, -0.05) is 35.9 Å². The molecule has 0 atom stereocenters. The van der Waals surface area contributed by atoms with Crippen molar-refractivity contribution in [1.29, 1.82) is 0 Å². The molecule has 2 aromatic heterocycles. The number of aromatic amines is 1. The fraction of sp³-hybridized carbons (Fsp3) is 0.0769. The Bertz CT molecular complexity index is 1610. The lowest BCUT2D eigenvalue weighted by Crippen LogP contribution is -2.12. The molecule has 0 aliphatic heterocycles. The highest BCUT2D eigenvalue weighted by Gasteiger charge is 2.16. The first-order valence-corrected chi connectivity index (χ1v) is 11.2. The molecular weight excluding hydrogens is 466 g/mol. The standard InChI is InChI=1S/C26H20ClN5O3/c1-2-35-25(34)21-12-15-6-4-8-20(23(15)29-21)30-24(33)16-7-3-5-14(11-16)22-18-13-17(27)9-10-19(18)31-26(28)32-22/h3-13,29H,2H2,1H3,(H,30,33)(H2,28,31,32). The van der Waals surface area contributed by atoms with Crippen molar-refractivity contribution < 1.29 is 14.3 Å². The Labute approximate surface area is 205 Å². The third-order valence-electron chi connectivity index (χ3n) is 5.47. The first kappa shape index (κ1) is 22.4. The monoisotopic (exact) mass is 485 g/mol. The number of H-pyrrole nitrogens is 1. The molecule has 0 aliphatic rings. The molecule has 9 heteroatoms. The van der Waals surface area contributed by atoms with Crippen LogP contribution in [0.4, 0.5) is 11.6 Å². The van der Waals surface area contributed by atoms with Crippen molar-refractivity contribution in [3.63, 3.8) is 0 Å². The van der Waals surface area contributed by atoms with E-state index in [9.17, 15) is 9.59 Å². The molecule has 0 radical (unpaired) electrons. The summed E-state index contributed by atoms with van der Waals surface area (Å²) < 4.78 is 5.06. The van der Waals surface area contributed by atoms with Gasteiger partial charge >= 0.3 is 5.97 Å². The molecule has 0 unspecified atom stereocenters. The lowest BCUT2D eigenvalue weighted by molar-refractivity contribution is 0.0520. The number of hydrogen-bond acceptors (Lipinski definition) is 6. The highest BCUT2D eigenvalue weighted by atomic mass is 35.5. The summed E-state index contributed by atoms with van der Waals surface area (Å²) in [5, 5.41) is 4.97. The van der Waals surface area contributed by atoms with Crippen LogP contribution < -0.4 is 11.1 Å². The number of hydrogen-bond donors (Lipinski definition) is 3. The summed E-state index contributed by atoms with van der Waals surface area (Å²) in [6, 6.07) is 19.4. The van der Waals surface area contributed by atoms with E-state index in [4.69, 9.17) is 22.1 Å². The van der Waals surface area contributed by atoms with Gasteiger partial charge in [0.05, 0.1) is 29.0 Å². The maximum atomic E-state index is 13.2. The molecule has 0 fully saturated rings. The van der Waals surface area contributed by atoms with Gasteiger partial charge < -0.3 is 20.8 Å². The van der Waals surface area contributed by atoms with Crippen molar-refractivity contribution in [2.75, 3.05) is 17.7 Å². The maximum absolute atomic E-state index is 13.2. The van der Waals surface area contributed by atoms with Crippen LogP contribution in [0, 0.1) is 0 Å². The lowest BCUT2D eigenvalue weighted by atomic mass is 10.0. The number of fused-ring (bicyclic) bond motifs is 2. The number of nitrogens with two attached hydrogens (primary N) is 1. The van der Waals surface area contributed by atoms with Crippen LogP contribution in [-0.2, 0) is 4.74 Å². The Morgan fingerprint density at radius 2 is 1.89 bits per heavy atom. The molecule has 5 rings (SSSR count). The van der Waals surface area contributed by atoms with E-state index in [1.54, 1.807) is 61.5 Å². The molecule has 0 saturated heterocycles. The normalized spacial score (nSPS) is 11.0. The van der Waals surface area contributed by atoms with Crippen molar-refractivity contribution in [2.24, 2.45) is 0 Å². The van der Waals surface area contributed by atoms with Gasteiger partial charge in [-0.2, -0.15) is 0 Å². The summed E-state index contributed by atoms with van der Waals surface area (Å²) in [7, 11) is 0. The number of amides is 1. The van der Waals surface area contributed by atoms with E-state index in [2.05, 4.69) is 20.3 Å². The number of aromatic nitrogens is 3. The molecule has 0 bridgehead atoms. The van der Waals surface area contributed by atoms with Gasteiger partial charge in [0.1, 0.15) is 5.69 Å². The number of carbonyl (C=O) groups excluding carboxylic acids is 2. The van der Waals surface area contributed by atoms with Crippen molar-refractivity contribution >= 4 is 56.9 Å². The second kappa shape index (κ2) is 9.08. The average Bonchev–Trinajstić information content (AvgIpc) is 3.30. The first-order valence-electron chi connectivity index (χ1n) is 10.9. The zero-order valence-corrected chi connectivity index (χ0v) is 19.4. The van der Waals surface area contributed by atoms with E-state index in [-0.39, 0.29) is 18.5 Å². The molecule has 1 amide bonds. The predicted molar refractivity (Wildman–Crippen MR) is 137 cm³/mol. The average molecular weight is 486 g/mol. The Kier molecular flexibility index (Phi) is 5.80. The van der Waals surface area contributed by atoms with Gasteiger partial charge in [0.2, 0.25) is 5.95 Å². The van der Waals surface area contributed by atoms with Gasteiger partial charge in [-0.25, -0.2) is 14.8 Å². The molecule has 174 valence electrons. The number of ether oxygens (including phenoxy) is 1. The number of benzene rings is 3. The minimum atomic E-state index is -0.454. The zero-order chi connectivity index (χ0) is 24.5. The predicted octanol–water partition coefficient (Wildman–Crippen LogP) is 5.44. The van der Waals surface area contributed by atoms with Gasteiger partial charge in [0.15, 0.2) is 0 Å². The minimum absolute atomic E-state index is 0.125. The third-order valence-corrected chi connectivity index (χ3v) is 5.71. The Morgan fingerprint density at radius 1 is 1.06 bits per heavy atom. The van der Waals surface area contributed by atoms with E-state index in [1.807, 2.05) is 12.1 Å². The van der Waals surface area contributed by atoms with E-state index in [0.29, 0.717) is 44.3 Å². The Hall–Kier alpha value is -4.43. The molecule has 2 heterocycles. The first-order chi connectivity index (χ1) is 16.9. The lowest BCUT2D eigenvalue weighted by Gasteiger charge is -2.10. The van der Waals surface area contributed by atoms with Crippen LogP contribution in [0.15, 0.2) is 66.7 Å². The number of rotatable bonds is 5. The largest absolute Gasteiger partial charge is 0.461 e. The molecule has 35 heavy (non-hydrogen) atoms. The summed E-state index contributed by atoms with van der Waals surface area (Å²) in [6.45, 7) is 2.02. The number of nitrogens with one attached hydrogen (secondary N) is 2. The van der Waals surface area contributed by atoms with E-state index in [1.165, 1.54) is 0 Å². The van der Waals surface area contributed by atoms with Gasteiger partial charge in [0.25, 0.3) is 5.91 Å². The van der Waals surface area contributed by atoms with Crippen LogP contribution in [-0.4, -0.2) is 33.4 Å². The summed E-state index contributed by atoms with van der Waals surface area (Å²) >= 11 is 6.19. The second-order valence-corrected chi connectivity index (χ2v) is 8.24. The SMILES string of the molecule is CCOC(=O)c1cc2cccc(NC(=O)c3cccc(-c4nc(N)nc5ccc(Cl)cc45)c3)c2[nH]1. The summed E-state index contributed by atoms with van der Waals surface area (Å²) in [5.74, 6) is -0.651. The smallest absolute Gasteiger partial charge is 0.354 e. The summed E-state index contributed by atoms with van der Waals surface area (Å²) in [5.41, 5.74) is 9.76. The second-order valence-electron chi connectivity index (χ2n) is 7.80. The molecule has 0 spiro atoms. The quantitative estimate of drug-likeness (QED) is 0.285. The van der Waals surface area contributed by atoms with Crippen LogP contribution in [0.2, 0.25) is 5.02 Å². The van der Waals surface area contributed by atoms with Gasteiger partial charge in [-0.15, -0.1) is 0 Å². The maximum Gasteiger partial charge on any atom is 0.354 e. The highest BCUT2D eigenvalue weighted by molar-refractivity contribution is 6.31. The molecule has 5 aromatic rings. The molecule has 4 N–H and O–H groups in total. The van der Waals surface area contributed by atoms with Gasteiger partial charge in [-0.05, 0) is 49.4 Å². The fourth-order valence-electron chi connectivity index (χ4n) is 3.92. The molecule has 8 nitrogen and oxygen atoms in total. The number of nitrogen functional groups attached to an aromatic ring is 1. The van der Waals surface area contributed by atoms with E-state index in [0.717, 1.165) is 10.8 Å². The molecule has 3 aromatic carbocycles. The van der Waals surface area contributed by atoms with Crippen molar-refractivity contribution in [1.82, 2.24) is 15.0 Å².